The minimum atomic E-state index is -0.770. The van der Waals surface area contributed by atoms with Crippen LogP contribution < -0.4 is 10.6 Å². The van der Waals surface area contributed by atoms with E-state index >= 15 is 0 Å². The molecule has 0 atom stereocenters. The molecule has 2 heterocycles. The van der Waals surface area contributed by atoms with Crippen molar-refractivity contribution >= 4 is 17.8 Å². The van der Waals surface area contributed by atoms with Crippen LogP contribution in [0.3, 0.4) is 0 Å². The molecular weight excluding hydrogens is 380 g/mol. The minimum Gasteiger partial charge on any atom is -0.352 e. The van der Waals surface area contributed by atoms with E-state index in [2.05, 4.69) is 22.5 Å². The molecule has 0 aromatic rings. The highest BCUT2D eigenvalue weighted by Crippen LogP contribution is 2.36. The summed E-state index contributed by atoms with van der Waals surface area (Å²) in [5, 5.41) is 5.96. The zero-order valence-electron chi connectivity index (χ0n) is 18.5. The third-order valence-corrected chi connectivity index (χ3v) is 7.87. The van der Waals surface area contributed by atoms with Crippen molar-refractivity contribution in [2.24, 2.45) is 11.8 Å². The number of carbonyl (C=O) groups excluding carboxylic acids is 3. The maximum absolute atomic E-state index is 12.9. The lowest BCUT2D eigenvalue weighted by atomic mass is 9.77. The highest BCUT2D eigenvalue weighted by molar-refractivity contribution is 6.09. The van der Waals surface area contributed by atoms with E-state index in [4.69, 9.17) is 0 Å². The van der Waals surface area contributed by atoms with Crippen molar-refractivity contribution < 1.29 is 14.4 Å². The second-order valence-corrected chi connectivity index (χ2v) is 10.2. The molecule has 30 heavy (non-hydrogen) atoms. The van der Waals surface area contributed by atoms with Crippen LogP contribution in [0.1, 0.15) is 77.6 Å². The average Bonchev–Trinajstić information content (AvgIpc) is 2.97. The zero-order chi connectivity index (χ0) is 21.1. The van der Waals surface area contributed by atoms with Gasteiger partial charge in [-0.1, -0.05) is 26.2 Å². The van der Waals surface area contributed by atoms with E-state index in [9.17, 15) is 14.4 Å². The van der Waals surface area contributed by atoms with E-state index in [0.29, 0.717) is 18.8 Å². The first kappa shape index (κ1) is 21.6. The number of amides is 4. The van der Waals surface area contributed by atoms with Gasteiger partial charge in [0.1, 0.15) is 12.1 Å². The minimum absolute atomic E-state index is 0.144. The summed E-state index contributed by atoms with van der Waals surface area (Å²) in [7, 11) is 0. The fraction of sp³-hybridized carbons (Fsp3) is 0.870. The van der Waals surface area contributed by atoms with E-state index in [1.54, 1.807) is 0 Å². The molecule has 4 aliphatic rings. The first-order valence-electron chi connectivity index (χ1n) is 12.1. The second-order valence-electron chi connectivity index (χ2n) is 10.2. The van der Waals surface area contributed by atoms with Crippen LogP contribution >= 0.6 is 0 Å². The quantitative estimate of drug-likeness (QED) is 0.673. The number of carbonyl (C=O) groups is 3. The molecule has 4 fully saturated rings. The first-order valence-corrected chi connectivity index (χ1v) is 12.1. The molecule has 0 radical (unpaired) electrons. The van der Waals surface area contributed by atoms with Gasteiger partial charge >= 0.3 is 6.03 Å². The number of urea groups is 1. The largest absolute Gasteiger partial charge is 0.352 e. The molecule has 2 saturated carbocycles. The molecule has 4 amide bonds. The Bertz CT molecular complexity index is 645. The van der Waals surface area contributed by atoms with Crippen molar-refractivity contribution in [1.29, 1.82) is 0 Å². The molecule has 2 aliphatic heterocycles. The Morgan fingerprint density at radius 3 is 2.37 bits per heavy atom. The molecule has 2 aliphatic carbocycles. The summed E-state index contributed by atoms with van der Waals surface area (Å²) >= 11 is 0. The van der Waals surface area contributed by atoms with Gasteiger partial charge < -0.3 is 15.5 Å². The van der Waals surface area contributed by atoms with Crippen LogP contribution in [0.5, 0.6) is 0 Å². The molecule has 2 N–H and O–H groups in total. The molecule has 0 bridgehead atoms. The number of hydrogen-bond acceptors (Lipinski definition) is 4. The predicted molar refractivity (Wildman–Crippen MR) is 115 cm³/mol. The van der Waals surface area contributed by atoms with Crippen molar-refractivity contribution in [3.05, 3.63) is 0 Å². The molecule has 4 rings (SSSR count). The Labute approximate surface area is 180 Å². The fourth-order valence-corrected chi connectivity index (χ4v) is 5.83. The van der Waals surface area contributed by atoms with Gasteiger partial charge in [0, 0.05) is 25.7 Å². The Morgan fingerprint density at radius 1 is 1.03 bits per heavy atom. The van der Waals surface area contributed by atoms with E-state index in [1.807, 2.05) is 0 Å². The molecule has 0 unspecified atom stereocenters. The summed E-state index contributed by atoms with van der Waals surface area (Å²) in [5.74, 6) is 1.00. The van der Waals surface area contributed by atoms with Crippen molar-refractivity contribution in [3.63, 3.8) is 0 Å². The Kier molecular flexibility index (Phi) is 6.66. The first-order chi connectivity index (χ1) is 14.4. The number of piperidine rings is 1. The van der Waals surface area contributed by atoms with Gasteiger partial charge in [0.15, 0.2) is 0 Å². The van der Waals surface area contributed by atoms with Crippen LogP contribution in [0.25, 0.3) is 0 Å². The van der Waals surface area contributed by atoms with E-state index < -0.39 is 11.6 Å². The molecule has 7 heteroatoms. The van der Waals surface area contributed by atoms with Crippen molar-refractivity contribution in [2.45, 2.75) is 89.1 Å². The van der Waals surface area contributed by atoms with Gasteiger partial charge in [-0.3, -0.25) is 14.5 Å². The lowest BCUT2D eigenvalue weighted by Crippen LogP contribution is -2.51. The molecule has 0 aromatic heterocycles. The van der Waals surface area contributed by atoms with Gasteiger partial charge in [-0.25, -0.2) is 4.79 Å². The van der Waals surface area contributed by atoms with Gasteiger partial charge in [0.05, 0.1) is 0 Å². The Morgan fingerprint density at radius 2 is 1.70 bits per heavy atom. The van der Waals surface area contributed by atoms with Gasteiger partial charge in [0.2, 0.25) is 5.91 Å². The third kappa shape index (κ3) is 4.82. The number of imide groups is 1. The second kappa shape index (κ2) is 9.25. The molecule has 2 saturated heterocycles. The average molecular weight is 419 g/mol. The maximum Gasteiger partial charge on any atom is 0.325 e. The van der Waals surface area contributed by atoms with Crippen LogP contribution in [0, 0.1) is 11.8 Å². The van der Waals surface area contributed by atoms with Crippen molar-refractivity contribution in [3.8, 4) is 0 Å². The smallest absolute Gasteiger partial charge is 0.325 e. The van der Waals surface area contributed by atoms with Gasteiger partial charge in [-0.05, 0) is 63.2 Å². The third-order valence-electron chi connectivity index (χ3n) is 7.87. The molecular formula is C23H38N4O3. The Balaban J connectivity index is 1.21. The number of hydrogen-bond donors (Lipinski definition) is 2. The van der Waals surface area contributed by atoms with Crippen LogP contribution in [0.2, 0.25) is 0 Å². The molecule has 168 valence electrons. The van der Waals surface area contributed by atoms with E-state index in [-0.39, 0.29) is 24.4 Å². The van der Waals surface area contributed by atoms with E-state index in [1.165, 1.54) is 38.6 Å². The molecule has 7 nitrogen and oxygen atoms in total. The summed E-state index contributed by atoms with van der Waals surface area (Å²) in [6.45, 7) is 5.26. The number of rotatable bonds is 5. The van der Waals surface area contributed by atoms with Crippen LogP contribution in [0.15, 0.2) is 0 Å². The van der Waals surface area contributed by atoms with Crippen LogP contribution in [0.4, 0.5) is 4.79 Å². The lowest BCUT2D eigenvalue weighted by Gasteiger charge is -2.35. The number of nitrogens with zero attached hydrogens (tertiary/aromatic N) is 2. The summed E-state index contributed by atoms with van der Waals surface area (Å²) in [6.07, 6.45) is 12.0. The van der Waals surface area contributed by atoms with Gasteiger partial charge in [-0.2, -0.15) is 0 Å². The maximum atomic E-state index is 12.9. The highest BCUT2D eigenvalue weighted by Gasteiger charge is 2.52. The monoisotopic (exact) mass is 418 g/mol. The number of nitrogens with one attached hydrogen (secondary N) is 2. The van der Waals surface area contributed by atoms with Crippen LogP contribution in [-0.2, 0) is 9.59 Å². The standard InChI is InChI=1S/C23H38N4O3/c1-17-7-11-23(12-8-17)21(29)27(22(30)25-23)16-20(28)24-19-9-13-26(14-10-19)15-18-5-3-2-4-6-18/h17-19H,2-16H2,1H3,(H,24,28)(H,25,30). The molecule has 1 spiro atoms. The lowest BCUT2D eigenvalue weighted by molar-refractivity contribution is -0.136. The predicted octanol–water partition coefficient (Wildman–Crippen LogP) is 2.65. The van der Waals surface area contributed by atoms with Gasteiger partial charge in [0.25, 0.3) is 5.91 Å². The van der Waals surface area contributed by atoms with Crippen LogP contribution in [-0.4, -0.2) is 65.4 Å². The van der Waals surface area contributed by atoms with Crippen molar-refractivity contribution in [2.75, 3.05) is 26.2 Å². The Hall–Kier alpha value is -1.63. The summed E-state index contributed by atoms with van der Waals surface area (Å²) in [5.41, 5.74) is -0.770. The van der Waals surface area contributed by atoms with Gasteiger partial charge in [-0.15, -0.1) is 0 Å². The highest BCUT2D eigenvalue weighted by atomic mass is 16.2. The summed E-state index contributed by atoms with van der Waals surface area (Å²) < 4.78 is 0. The SMILES string of the molecule is CC1CCC2(CC1)NC(=O)N(CC(=O)NC1CCN(CC3CCCCC3)CC1)C2=O. The normalized spacial score (nSPS) is 31.9. The van der Waals surface area contributed by atoms with Crippen molar-refractivity contribution in [1.82, 2.24) is 20.4 Å². The summed E-state index contributed by atoms with van der Waals surface area (Å²) in [4.78, 5) is 41.6. The zero-order valence-corrected chi connectivity index (χ0v) is 18.5. The number of likely N-dealkylation sites (tertiary alicyclic amines) is 1. The summed E-state index contributed by atoms with van der Waals surface area (Å²) in [6, 6.07) is -0.266. The van der Waals surface area contributed by atoms with E-state index in [0.717, 1.165) is 49.6 Å². The fourth-order valence-electron chi connectivity index (χ4n) is 5.83. The topological polar surface area (TPSA) is 81.8 Å². The molecule has 0 aromatic carbocycles.